The van der Waals surface area contributed by atoms with E-state index in [-0.39, 0.29) is 17.4 Å². The first-order valence-electron chi connectivity index (χ1n) is 5.38. The Balaban J connectivity index is 2.20. The molecule has 1 N–H and O–H groups in total. The van der Waals surface area contributed by atoms with Crippen LogP contribution in [0.2, 0.25) is 0 Å². The summed E-state index contributed by atoms with van der Waals surface area (Å²) in [6.07, 6.45) is 2.64. The van der Waals surface area contributed by atoms with Crippen molar-refractivity contribution in [3.05, 3.63) is 0 Å². The molecule has 3 heteroatoms. The van der Waals surface area contributed by atoms with E-state index in [1.807, 2.05) is 0 Å². The minimum atomic E-state index is 0.0769. The smallest absolute Gasteiger partial charge is 0.144 e. The van der Waals surface area contributed by atoms with Gasteiger partial charge in [0.05, 0.1) is 17.7 Å². The standard InChI is InChI=1S/C11H18N2O/c1-4-7-10-8(13-12-7)5-11(2,3)6-9(10)14/h8,10,13H,4-6H2,1-3H3/t8-,10-/m0/s1. The molecular weight excluding hydrogens is 176 g/mol. The average molecular weight is 194 g/mol. The van der Waals surface area contributed by atoms with Crippen molar-refractivity contribution in [3.63, 3.8) is 0 Å². The van der Waals surface area contributed by atoms with Crippen molar-refractivity contribution >= 4 is 11.5 Å². The molecule has 2 rings (SSSR count). The molecule has 0 aromatic carbocycles. The van der Waals surface area contributed by atoms with Crippen LogP contribution in [0.25, 0.3) is 0 Å². The van der Waals surface area contributed by atoms with Gasteiger partial charge in [-0.15, -0.1) is 0 Å². The number of nitrogens with one attached hydrogen (secondary N) is 1. The predicted molar refractivity (Wildman–Crippen MR) is 56.2 cm³/mol. The van der Waals surface area contributed by atoms with Gasteiger partial charge in [-0.2, -0.15) is 5.10 Å². The topological polar surface area (TPSA) is 41.5 Å². The maximum atomic E-state index is 11.9. The van der Waals surface area contributed by atoms with E-state index in [0.29, 0.717) is 12.2 Å². The van der Waals surface area contributed by atoms with E-state index in [0.717, 1.165) is 18.6 Å². The molecule has 1 saturated carbocycles. The summed E-state index contributed by atoms with van der Waals surface area (Å²) in [4.78, 5) is 11.9. The summed E-state index contributed by atoms with van der Waals surface area (Å²) < 4.78 is 0. The lowest BCUT2D eigenvalue weighted by atomic mass is 9.68. The summed E-state index contributed by atoms with van der Waals surface area (Å²) >= 11 is 0. The molecule has 1 fully saturated rings. The molecule has 1 aliphatic heterocycles. The molecule has 3 nitrogen and oxygen atoms in total. The number of Topliss-reactive ketones (excluding diaryl/α,β-unsaturated/α-hetero) is 1. The molecule has 1 aliphatic carbocycles. The lowest BCUT2D eigenvalue weighted by Crippen LogP contribution is -2.45. The third kappa shape index (κ3) is 1.45. The molecule has 1 heterocycles. The fourth-order valence-corrected chi connectivity index (χ4v) is 2.66. The summed E-state index contributed by atoms with van der Waals surface area (Å²) in [5.41, 5.74) is 4.31. The van der Waals surface area contributed by atoms with E-state index >= 15 is 0 Å². The van der Waals surface area contributed by atoms with Crippen molar-refractivity contribution in [2.75, 3.05) is 0 Å². The second-order valence-corrected chi connectivity index (χ2v) is 5.18. The summed E-state index contributed by atoms with van der Waals surface area (Å²) in [5.74, 6) is 0.449. The highest BCUT2D eigenvalue weighted by molar-refractivity contribution is 6.07. The van der Waals surface area contributed by atoms with E-state index in [2.05, 4.69) is 31.3 Å². The minimum absolute atomic E-state index is 0.0769. The van der Waals surface area contributed by atoms with E-state index < -0.39 is 0 Å². The number of carbonyl (C=O) groups excluding carboxylic acids is 1. The largest absolute Gasteiger partial charge is 0.306 e. The molecule has 0 spiro atoms. The van der Waals surface area contributed by atoms with E-state index in [1.165, 1.54) is 0 Å². The highest BCUT2D eigenvalue weighted by Gasteiger charge is 2.44. The lowest BCUT2D eigenvalue weighted by molar-refractivity contribution is -0.126. The van der Waals surface area contributed by atoms with Crippen LogP contribution in [0.15, 0.2) is 5.10 Å². The summed E-state index contributed by atoms with van der Waals surface area (Å²) in [5, 5.41) is 4.26. The molecular formula is C11H18N2O. The Hall–Kier alpha value is -0.860. The van der Waals surface area contributed by atoms with Gasteiger partial charge < -0.3 is 5.43 Å². The van der Waals surface area contributed by atoms with Gasteiger partial charge in [0.25, 0.3) is 0 Å². The molecule has 0 unspecified atom stereocenters. The zero-order chi connectivity index (χ0) is 10.3. The van der Waals surface area contributed by atoms with Crippen LogP contribution in [-0.2, 0) is 4.79 Å². The molecule has 2 aliphatic rings. The first kappa shape index (κ1) is 9.69. The van der Waals surface area contributed by atoms with Crippen molar-refractivity contribution in [1.82, 2.24) is 5.43 Å². The molecule has 0 aromatic heterocycles. The Labute approximate surface area is 85.0 Å². The molecule has 0 aromatic rings. The van der Waals surface area contributed by atoms with Gasteiger partial charge in [0.2, 0.25) is 0 Å². The Bertz CT molecular complexity index is 294. The van der Waals surface area contributed by atoms with Gasteiger partial charge in [0, 0.05) is 6.42 Å². The van der Waals surface area contributed by atoms with Gasteiger partial charge in [-0.25, -0.2) is 0 Å². The maximum absolute atomic E-state index is 11.9. The van der Waals surface area contributed by atoms with Crippen molar-refractivity contribution in [3.8, 4) is 0 Å². The second-order valence-electron chi connectivity index (χ2n) is 5.18. The lowest BCUT2D eigenvalue weighted by Gasteiger charge is -2.36. The van der Waals surface area contributed by atoms with Crippen molar-refractivity contribution in [2.45, 2.75) is 46.1 Å². The molecule has 2 atom stereocenters. The normalized spacial score (nSPS) is 34.8. The zero-order valence-electron chi connectivity index (χ0n) is 9.13. The third-order valence-electron chi connectivity index (χ3n) is 3.27. The Morgan fingerprint density at radius 1 is 1.57 bits per heavy atom. The van der Waals surface area contributed by atoms with Crippen molar-refractivity contribution < 1.29 is 4.79 Å². The number of fused-ring (bicyclic) bond motifs is 1. The van der Waals surface area contributed by atoms with Crippen LogP contribution in [0.4, 0.5) is 0 Å². The third-order valence-corrected chi connectivity index (χ3v) is 3.27. The monoisotopic (exact) mass is 194 g/mol. The fourth-order valence-electron chi connectivity index (χ4n) is 2.66. The van der Waals surface area contributed by atoms with Gasteiger partial charge in [-0.05, 0) is 18.3 Å². The first-order valence-corrected chi connectivity index (χ1v) is 5.38. The van der Waals surface area contributed by atoms with Gasteiger partial charge in [0.15, 0.2) is 0 Å². The number of rotatable bonds is 1. The number of hydrazone groups is 1. The van der Waals surface area contributed by atoms with Crippen LogP contribution in [-0.4, -0.2) is 17.5 Å². The molecule has 14 heavy (non-hydrogen) atoms. The van der Waals surface area contributed by atoms with Crippen LogP contribution in [0.1, 0.15) is 40.0 Å². The van der Waals surface area contributed by atoms with Gasteiger partial charge in [-0.3, -0.25) is 4.79 Å². The Morgan fingerprint density at radius 3 is 2.93 bits per heavy atom. The van der Waals surface area contributed by atoms with Crippen LogP contribution in [0.5, 0.6) is 0 Å². The van der Waals surface area contributed by atoms with E-state index in [4.69, 9.17) is 0 Å². The Kier molecular flexibility index (Phi) is 2.13. The van der Waals surface area contributed by atoms with E-state index in [1.54, 1.807) is 0 Å². The molecule has 78 valence electrons. The van der Waals surface area contributed by atoms with Crippen LogP contribution in [0, 0.1) is 11.3 Å². The second kappa shape index (κ2) is 3.07. The highest BCUT2D eigenvalue weighted by Crippen LogP contribution is 2.38. The zero-order valence-corrected chi connectivity index (χ0v) is 9.13. The number of hydrogen-bond donors (Lipinski definition) is 1. The molecule has 0 radical (unpaired) electrons. The van der Waals surface area contributed by atoms with Crippen LogP contribution in [0.3, 0.4) is 0 Å². The SMILES string of the molecule is CCC1=NN[C@H]2CC(C)(C)CC(=O)[C@@H]12. The number of nitrogens with zero attached hydrogens (tertiary/aromatic N) is 1. The van der Waals surface area contributed by atoms with Crippen molar-refractivity contribution in [1.29, 1.82) is 0 Å². The Morgan fingerprint density at radius 2 is 2.29 bits per heavy atom. The fraction of sp³-hybridized carbons (Fsp3) is 0.818. The van der Waals surface area contributed by atoms with Crippen molar-refractivity contribution in [2.24, 2.45) is 16.4 Å². The summed E-state index contributed by atoms with van der Waals surface area (Å²) in [6, 6.07) is 0.265. The number of hydrogen-bond acceptors (Lipinski definition) is 3. The quantitative estimate of drug-likeness (QED) is 0.690. The highest BCUT2D eigenvalue weighted by atomic mass is 16.1. The summed E-state index contributed by atoms with van der Waals surface area (Å²) in [6.45, 7) is 6.38. The number of carbonyl (C=O) groups is 1. The summed E-state index contributed by atoms with van der Waals surface area (Å²) in [7, 11) is 0. The van der Waals surface area contributed by atoms with Crippen LogP contribution < -0.4 is 5.43 Å². The maximum Gasteiger partial charge on any atom is 0.144 e. The van der Waals surface area contributed by atoms with Gasteiger partial charge >= 0.3 is 0 Å². The van der Waals surface area contributed by atoms with Crippen LogP contribution >= 0.6 is 0 Å². The van der Waals surface area contributed by atoms with E-state index in [9.17, 15) is 4.79 Å². The molecule has 0 saturated heterocycles. The van der Waals surface area contributed by atoms with Gasteiger partial charge in [0.1, 0.15) is 5.78 Å². The van der Waals surface area contributed by atoms with Gasteiger partial charge in [-0.1, -0.05) is 20.8 Å². The first-order chi connectivity index (χ1) is 6.53. The predicted octanol–water partition coefficient (Wildman–Crippen LogP) is 1.73. The molecule has 0 amide bonds. The minimum Gasteiger partial charge on any atom is -0.306 e. The number of ketones is 1. The molecule has 0 bridgehead atoms. The average Bonchev–Trinajstić information content (AvgIpc) is 2.44.